The minimum absolute atomic E-state index is 0.0141. The van der Waals surface area contributed by atoms with Gasteiger partial charge >= 0.3 is 0 Å². The third kappa shape index (κ3) is 11.7. The van der Waals surface area contributed by atoms with Gasteiger partial charge in [-0.25, -0.2) is 0 Å². The lowest BCUT2D eigenvalue weighted by Gasteiger charge is -2.17. The van der Waals surface area contributed by atoms with Crippen LogP contribution in [0.1, 0.15) is 91.4 Å². The molecule has 126 valence electrons. The van der Waals surface area contributed by atoms with Crippen LogP contribution >= 0.6 is 0 Å². The Morgan fingerprint density at radius 1 is 0.905 bits per heavy atom. The van der Waals surface area contributed by atoms with Crippen LogP contribution in [0, 0.1) is 5.92 Å². The van der Waals surface area contributed by atoms with Crippen molar-refractivity contribution in [3.8, 4) is 0 Å². The van der Waals surface area contributed by atoms with Crippen LogP contribution in [0.4, 0.5) is 0 Å². The molecule has 0 unspecified atom stereocenters. The first kappa shape index (κ1) is 20.4. The van der Waals surface area contributed by atoms with Crippen LogP contribution in [0.5, 0.6) is 0 Å². The summed E-state index contributed by atoms with van der Waals surface area (Å²) < 4.78 is 0. The molecule has 0 rings (SSSR count). The Bertz CT molecular complexity index is 243. The predicted octanol–water partition coefficient (Wildman–Crippen LogP) is 4.40. The van der Waals surface area contributed by atoms with Gasteiger partial charge in [-0.3, -0.25) is 4.79 Å². The van der Waals surface area contributed by atoms with Crippen molar-refractivity contribution >= 4 is 5.91 Å². The van der Waals surface area contributed by atoms with E-state index in [4.69, 9.17) is 5.73 Å². The zero-order chi connectivity index (χ0) is 15.9. The van der Waals surface area contributed by atoms with Gasteiger partial charge in [-0.2, -0.15) is 0 Å². The van der Waals surface area contributed by atoms with Crippen molar-refractivity contribution in [1.29, 1.82) is 0 Å². The average molecular weight is 299 g/mol. The van der Waals surface area contributed by atoms with E-state index >= 15 is 0 Å². The van der Waals surface area contributed by atoms with Crippen LogP contribution in [-0.2, 0) is 4.79 Å². The van der Waals surface area contributed by atoms with Gasteiger partial charge < -0.3 is 11.1 Å². The molecule has 0 aromatic heterocycles. The predicted molar refractivity (Wildman–Crippen MR) is 92.3 cm³/mol. The van der Waals surface area contributed by atoms with Gasteiger partial charge in [0.1, 0.15) is 0 Å². The molecule has 0 spiro atoms. The Morgan fingerprint density at radius 3 is 1.86 bits per heavy atom. The molecule has 0 heterocycles. The van der Waals surface area contributed by atoms with Crippen molar-refractivity contribution in [2.24, 2.45) is 11.7 Å². The van der Waals surface area contributed by atoms with Crippen molar-refractivity contribution in [2.75, 3.05) is 6.54 Å². The molecule has 0 aromatic carbocycles. The van der Waals surface area contributed by atoms with E-state index in [9.17, 15) is 4.79 Å². The normalized spacial score (nSPS) is 13.9. The highest BCUT2D eigenvalue weighted by Gasteiger charge is 2.18. The largest absolute Gasteiger partial charge is 0.355 e. The van der Waals surface area contributed by atoms with E-state index in [1.807, 2.05) is 6.92 Å². The van der Waals surface area contributed by atoms with Gasteiger partial charge in [0.25, 0.3) is 0 Å². The molecule has 2 atom stereocenters. The van der Waals surface area contributed by atoms with E-state index in [1.54, 1.807) is 0 Å². The summed E-state index contributed by atoms with van der Waals surface area (Å²) in [6.45, 7) is 7.14. The summed E-state index contributed by atoms with van der Waals surface area (Å²) >= 11 is 0. The van der Waals surface area contributed by atoms with Crippen molar-refractivity contribution in [2.45, 2.75) is 97.4 Å². The lowest BCUT2D eigenvalue weighted by atomic mass is 9.99. The lowest BCUT2D eigenvalue weighted by molar-refractivity contribution is -0.123. The van der Waals surface area contributed by atoms with Gasteiger partial charge in [-0.15, -0.1) is 0 Å². The van der Waals surface area contributed by atoms with Crippen LogP contribution < -0.4 is 11.1 Å². The average Bonchev–Trinajstić information content (AvgIpc) is 2.50. The number of rotatable bonds is 14. The molecule has 0 bridgehead atoms. The minimum Gasteiger partial charge on any atom is -0.355 e. The van der Waals surface area contributed by atoms with Crippen molar-refractivity contribution in [3.63, 3.8) is 0 Å². The summed E-state index contributed by atoms with van der Waals surface area (Å²) in [6.07, 6.45) is 14.2. The molecule has 0 aromatic rings. The van der Waals surface area contributed by atoms with Crippen molar-refractivity contribution < 1.29 is 4.79 Å². The van der Waals surface area contributed by atoms with Gasteiger partial charge in [-0.05, 0) is 12.3 Å². The molecule has 0 aliphatic carbocycles. The first-order chi connectivity index (χ1) is 10.1. The maximum absolute atomic E-state index is 11.8. The molecule has 1 amide bonds. The van der Waals surface area contributed by atoms with E-state index in [0.717, 1.165) is 19.4 Å². The zero-order valence-electron chi connectivity index (χ0n) is 14.6. The fraction of sp³-hybridized carbons (Fsp3) is 0.944. The first-order valence-corrected chi connectivity index (χ1v) is 9.16. The summed E-state index contributed by atoms with van der Waals surface area (Å²) in [5.74, 6) is 0.276. The Kier molecular flexibility index (Phi) is 14.0. The van der Waals surface area contributed by atoms with Gasteiger partial charge in [0, 0.05) is 6.54 Å². The molecule has 21 heavy (non-hydrogen) atoms. The van der Waals surface area contributed by atoms with Crippen LogP contribution in [0.25, 0.3) is 0 Å². The third-order valence-electron chi connectivity index (χ3n) is 4.39. The van der Waals surface area contributed by atoms with Crippen molar-refractivity contribution in [1.82, 2.24) is 5.32 Å². The molecule has 0 saturated carbocycles. The molecule has 3 heteroatoms. The SMILES string of the molecule is CCCCCCCCCCCCNC(=O)[C@@H](N)[C@@H](C)CC. The molecule has 0 aliphatic rings. The molecule has 0 aliphatic heterocycles. The fourth-order valence-electron chi connectivity index (χ4n) is 2.45. The molecule has 0 radical (unpaired) electrons. The molecule has 3 nitrogen and oxygen atoms in total. The van der Waals surface area contributed by atoms with E-state index in [0.29, 0.717) is 0 Å². The molecule has 3 N–H and O–H groups in total. The number of carbonyl (C=O) groups excluding carboxylic acids is 1. The summed E-state index contributed by atoms with van der Waals surface area (Å²) in [6, 6.07) is -0.349. The van der Waals surface area contributed by atoms with Gasteiger partial charge in [0.2, 0.25) is 5.91 Å². The Morgan fingerprint density at radius 2 is 1.38 bits per heavy atom. The summed E-state index contributed by atoms with van der Waals surface area (Å²) in [5, 5.41) is 2.96. The second-order valence-electron chi connectivity index (χ2n) is 6.38. The molecule has 0 fully saturated rings. The Hall–Kier alpha value is -0.570. The molecule has 0 saturated heterocycles. The summed E-state index contributed by atoms with van der Waals surface area (Å²) in [7, 11) is 0. The summed E-state index contributed by atoms with van der Waals surface area (Å²) in [5.41, 5.74) is 5.89. The topological polar surface area (TPSA) is 55.1 Å². The van der Waals surface area contributed by atoms with Crippen LogP contribution in [-0.4, -0.2) is 18.5 Å². The van der Waals surface area contributed by atoms with E-state index in [1.165, 1.54) is 57.8 Å². The van der Waals surface area contributed by atoms with E-state index < -0.39 is 0 Å². The monoisotopic (exact) mass is 298 g/mol. The molecular weight excluding hydrogens is 260 g/mol. The van der Waals surface area contributed by atoms with E-state index in [2.05, 4.69) is 19.2 Å². The zero-order valence-corrected chi connectivity index (χ0v) is 14.6. The van der Waals surface area contributed by atoms with Gasteiger partial charge in [0.05, 0.1) is 6.04 Å². The Labute approximate surface area is 132 Å². The van der Waals surface area contributed by atoms with Crippen LogP contribution in [0.3, 0.4) is 0 Å². The standard InChI is InChI=1S/C18H38N2O/c1-4-6-7-8-9-10-11-12-13-14-15-20-18(21)17(19)16(3)5-2/h16-17H,4-15,19H2,1-3H3,(H,20,21)/t16-,17-/m0/s1. The number of nitrogens with two attached hydrogens (primary N) is 1. The smallest absolute Gasteiger partial charge is 0.237 e. The highest BCUT2D eigenvalue weighted by Crippen LogP contribution is 2.10. The fourth-order valence-corrected chi connectivity index (χ4v) is 2.45. The lowest BCUT2D eigenvalue weighted by Crippen LogP contribution is -2.44. The summed E-state index contributed by atoms with van der Waals surface area (Å²) in [4.78, 5) is 11.8. The first-order valence-electron chi connectivity index (χ1n) is 9.16. The number of nitrogens with one attached hydrogen (secondary N) is 1. The maximum atomic E-state index is 11.8. The number of amides is 1. The number of carbonyl (C=O) groups is 1. The number of unbranched alkanes of at least 4 members (excludes halogenated alkanes) is 9. The van der Waals surface area contributed by atoms with Crippen LogP contribution in [0.2, 0.25) is 0 Å². The Balaban J connectivity index is 3.30. The second-order valence-corrected chi connectivity index (χ2v) is 6.38. The minimum atomic E-state index is -0.349. The van der Waals surface area contributed by atoms with E-state index in [-0.39, 0.29) is 17.9 Å². The number of hydrogen-bond acceptors (Lipinski definition) is 2. The third-order valence-corrected chi connectivity index (χ3v) is 4.39. The number of hydrogen-bond donors (Lipinski definition) is 2. The maximum Gasteiger partial charge on any atom is 0.237 e. The van der Waals surface area contributed by atoms with Crippen molar-refractivity contribution in [3.05, 3.63) is 0 Å². The van der Waals surface area contributed by atoms with Gasteiger partial charge in [0.15, 0.2) is 0 Å². The van der Waals surface area contributed by atoms with Crippen LogP contribution in [0.15, 0.2) is 0 Å². The highest BCUT2D eigenvalue weighted by atomic mass is 16.2. The van der Waals surface area contributed by atoms with Gasteiger partial charge in [-0.1, -0.05) is 85.0 Å². The molecular formula is C18H38N2O. The quantitative estimate of drug-likeness (QED) is 0.467. The second kappa shape index (κ2) is 14.4. The highest BCUT2D eigenvalue weighted by molar-refractivity contribution is 5.81.